The van der Waals surface area contributed by atoms with Crippen molar-refractivity contribution in [1.29, 1.82) is 0 Å². The van der Waals surface area contributed by atoms with Crippen molar-refractivity contribution in [3.8, 4) is 5.75 Å². The summed E-state index contributed by atoms with van der Waals surface area (Å²) in [6.07, 6.45) is 2.95. The second-order valence-corrected chi connectivity index (χ2v) is 6.57. The lowest BCUT2D eigenvalue weighted by Gasteiger charge is -2.20. The maximum atomic E-state index is 12.6. The van der Waals surface area contributed by atoms with E-state index in [0.717, 1.165) is 11.3 Å². The number of likely N-dealkylation sites (N-methyl/N-ethyl adjacent to an activating group) is 1. The maximum Gasteiger partial charge on any atom is 0.320 e. The standard InChI is InChI=1S/C19H22N6O3/c1-11-12-4-5-16(27-3)13(8-12)23-17-9-14(20-2)18-22-10-15(25(18)24-17)19(26)21-6-7-28-11/h4-5,8-11,18H,6-7H2,1-3H3,(H2-,20,21,22,23,24,26)/p+1. The molecule has 0 radical (unpaired) electrons. The number of rotatable bonds is 2. The number of ether oxygens (including phenoxy) is 2. The fourth-order valence-corrected chi connectivity index (χ4v) is 3.31. The van der Waals surface area contributed by atoms with Crippen molar-refractivity contribution in [3.63, 3.8) is 0 Å². The minimum atomic E-state index is -0.345. The van der Waals surface area contributed by atoms with E-state index in [1.54, 1.807) is 18.0 Å². The summed E-state index contributed by atoms with van der Waals surface area (Å²) in [4.78, 5) is 21.8. The Morgan fingerprint density at radius 2 is 2.25 bits per heavy atom. The molecule has 4 rings (SSSR count). The Morgan fingerprint density at radius 3 is 3.04 bits per heavy atom. The normalized spacial score (nSPS) is 23.9. The summed E-state index contributed by atoms with van der Waals surface area (Å²) in [7, 11) is 3.43. The van der Waals surface area contributed by atoms with Gasteiger partial charge in [0.1, 0.15) is 23.3 Å². The molecule has 2 unspecified atom stereocenters. The fraction of sp³-hybridized carbons (Fsp3) is 0.368. The summed E-state index contributed by atoms with van der Waals surface area (Å²) in [6.45, 7) is 2.76. The largest absolute Gasteiger partial charge is 0.494 e. The number of hydrazine groups is 1. The van der Waals surface area contributed by atoms with Crippen molar-refractivity contribution in [1.82, 2.24) is 16.1 Å². The number of nitrogens with one attached hydrogen (secondary N) is 3. The second kappa shape index (κ2) is 7.43. The Kier molecular flexibility index (Phi) is 4.82. The molecule has 0 aromatic heterocycles. The third-order valence-electron chi connectivity index (χ3n) is 4.84. The van der Waals surface area contributed by atoms with Crippen molar-refractivity contribution < 1.29 is 19.0 Å². The van der Waals surface area contributed by atoms with E-state index in [1.807, 2.05) is 38.2 Å². The third-order valence-corrected chi connectivity index (χ3v) is 4.84. The summed E-state index contributed by atoms with van der Waals surface area (Å²) in [6, 6.07) is 5.79. The second-order valence-electron chi connectivity index (χ2n) is 6.57. The average molecular weight is 383 g/mol. The van der Waals surface area contributed by atoms with Gasteiger partial charge in [0, 0.05) is 19.7 Å². The van der Waals surface area contributed by atoms with E-state index in [2.05, 4.69) is 21.1 Å². The van der Waals surface area contributed by atoms with Gasteiger partial charge >= 0.3 is 17.8 Å². The van der Waals surface area contributed by atoms with E-state index >= 15 is 0 Å². The first-order valence-corrected chi connectivity index (χ1v) is 9.12. The van der Waals surface area contributed by atoms with Crippen LogP contribution >= 0.6 is 0 Å². The Hall–Kier alpha value is -3.20. The Morgan fingerprint density at radius 1 is 1.39 bits per heavy atom. The number of carbonyl (C=O) groups is 1. The number of benzene rings is 1. The minimum Gasteiger partial charge on any atom is -0.494 e. The number of nitrogens with zero attached hydrogens (tertiary/aromatic N) is 3. The van der Waals surface area contributed by atoms with Crippen molar-refractivity contribution in [3.05, 3.63) is 35.5 Å². The van der Waals surface area contributed by atoms with E-state index in [1.165, 1.54) is 0 Å². The van der Waals surface area contributed by atoms with Gasteiger partial charge in [-0.05, 0) is 24.6 Å². The molecule has 3 aliphatic rings. The zero-order valence-corrected chi connectivity index (χ0v) is 16.0. The zero-order chi connectivity index (χ0) is 19.7. The number of methoxy groups -OCH3 is 1. The summed E-state index contributed by atoms with van der Waals surface area (Å²) in [5, 5.41) is 6.01. The molecular weight excluding hydrogens is 360 g/mol. The van der Waals surface area contributed by atoms with Crippen LogP contribution in [0.15, 0.2) is 40.0 Å². The third kappa shape index (κ3) is 3.24. The molecule has 3 aliphatic heterocycles. The molecule has 28 heavy (non-hydrogen) atoms. The van der Waals surface area contributed by atoms with Crippen LogP contribution in [-0.4, -0.2) is 61.8 Å². The highest BCUT2D eigenvalue weighted by Crippen LogP contribution is 2.32. The SMILES string of the molecule is CNC1=CC2=Nc3cc(ccc3OC)C(C)OCCNC(=O)C3=[N+](N2)C1N=C3. The predicted octanol–water partition coefficient (Wildman–Crippen LogP) is 0.418. The number of hydrogen-bond donors (Lipinski definition) is 3. The average Bonchev–Trinajstić information content (AvgIpc) is 3.13. The van der Waals surface area contributed by atoms with Crippen LogP contribution in [0.2, 0.25) is 0 Å². The van der Waals surface area contributed by atoms with Crippen molar-refractivity contribution in [2.24, 2.45) is 9.98 Å². The zero-order valence-electron chi connectivity index (χ0n) is 16.0. The molecule has 1 amide bonds. The lowest BCUT2D eigenvalue weighted by molar-refractivity contribution is -0.592. The molecule has 0 saturated heterocycles. The van der Waals surface area contributed by atoms with Gasteiger partial charge < -0.3 is 20.1 Å². The van der Waals surface area contributed by atoms with E-state index in [4.69, 9.17) is 14.5 Å². The number of hydrazone groups is 1. The molecule has 0 fully saturated rings. The summed E-state index contributed by atoms with van der Waals surface area (Å²) >= 11 is 0. The molecule has 146 valence electrons. The van der Waals surface area contributed by atoms with Gasteiger partial charge in [0.05, 0.1) is 19.8 Å². The Balaban J connectivity index is 1.85. The molecule has 1 aromatic carbocycles. The number of fused-ring (bicyclic) bond motifs is 3. The molecule has 0 spiro atoms. The first-order valence-electron chi connectivity index (χ1n) is 9.12. The Bertz CT molecular complexity index is 934. The monoisotopic (exact) mass is 383 g/mol. The smallest absolute Gasteiger partial charge is 0.320 e. The van der Waals surface area contributed by atoms with E-state index in [-0.39, 0.29) is 18.2 Å². The molecule has 3 N–H and O–H groups in total. The summed E-state index contributed by atoms with van der Waals surface area (Å²) in [5.74, 6) is 0.996. The molecule has 4 bridgehead atoms. The highest BCUT2D eigenvalue weighted by atomic mass is 16.5. The van der Waals surface area contributed by atoms with Crippen LogP contribution in [0.1, 0.15) is 18.6 Å². The molecular formula is C19H23N6O3+. The predicted molar refractivity (Wildman–Crippen MR) is 105 cm³/mol. The van der Waals surface area contributed by atoms with Crippen LogP contribution in [-0.2, 0) is 9.53 Å². The van der Waals surface area contributed by atoms with Crippen molar-refractivity contribution in [2.45, 2.75) is 19.2 Å². The van der Waals surface area contributed by atoms with Crippen LogP contribution in [0.25, 0.3) is 0 Å². The molecule has 9 nitrogen and oxygen atoms in total. The lowest BCUT2D eigenvalue weighted by Crippen LogP contribution is -2.50. The number of amidine groups is 1. The van der Waals surface area contributed by atoms with Gasteiger partial charge in [-0.3, -0.25) is 4.79 Å². The van der Waals surface area contributed by atoms with Gasteiger partial charge in [0.25, 0.3) is 0 Å². The summed E-state index contributed by atoms with van der Waals surface area (Å²) < 4.78 is 13.0. The first kappa shape index (κ1) is 18.2. The molecule has 0 saturated carbocycles. The molecule has 1 aromatic rings. The first-order chi connectivity index (χ1) is 13.6. The van der Waals surface area contributed by atoms with Gasteiger partial charge in [-0.2, -0.15) is 0 Å². The fourth-order valence-electron chi connectivity index (χ4n) is 3.31. The quantitative estimate of drug-likeness (QED) is 0.643. The van der Waals surface area contributed by atoms with Gasteiger partial charge in [0.2, 0.25) is 0 Å². The minimum absolute atomic E-state index is 0.144. The summed E-state index contributed by atoms with van der Waals surface area (Å²) in [5.41, 5.74) is 6.09. The lowest BCUT2D eigenvalue weighted by atomic mass is 10.1. The highest BCUT2D eigenvalue weighted by Gasteiger charge is 2.40. The Labute approximate surface area is 162 Å². The van der Waals surface area contributed by atoms with Crippen LogP contribution in [0.3, 0.4) is 0 Å². The number of amides is 1. The van der Waals surface area contributed by atoms with Gasteiger partial charge in [-0.1, -0.05) is 10.8 Å². The number of carbonyl (C=O) groups excluding carboxylic acids is 1. The maximum absolute atomic E-state index is 12.6. The number of hydrogen-bond acceptors (Lipinski definition) is 7. The van der Waals surface area contributed by atoms with E-state index in [9.17, 15) is 4.79 Å². The van der Waals surface area contributed by atoms with Crippen molar-refractivity contribution >= 4 is 29.4 Å². The molecule has 9 heteroatoms. The van der Waals surface area contributed by atoms with Crippen molar-refractivity contribution in [2.75, 3.05) is 27.3 Å². The number of aliphatic imine (C=N–C) groups is 2. The van der Waals surface area contributed by atoms with Gasteiger partial charge in [-0.15, -0.1) is 5.43 Å². The molecule has 0 aliphatic carbocycles. The van der Waals surface area contributed by atoms with E-state index in [0.29, 0.717) is 36.1 Å². The van der Waals surface area contributed by atoms with Gasteiger partial charge in [0.15, 0.2) is 5.84 Å². The topological polar surface area (TPSA) is 99.4 Å². The molecule has 3 heterocycles. The van der Waals surface area contributed by atoms with Gasteiger partial charge in [-0.25, -0.2) is 9.98 Å². The van der Waals surface area contributed by atoms with E-state index < -0.39 is 0 Å². The highest BCUT2D eigenvalue weighted by molar-refractivity contribution is 6.59. The van der Waals surface area contributed by atoms with Crippen LogP contribution < -0.4 is 20.8 Å². The van der Waals surface area contributed by atoms with Crippen LogP contribution in [0.5, 0.6) is 5.75 Å². The molecule has 2 atom stereocenters. The van der Waals surface area contributed by atoms with Crippen LogP contribution in [0, 0.1) is 0 Å². The van der Waals surface area contributed by atoms with Crippen LogP contribution in [0.4, 0.5) is 5.69 Å².